The Bertz CT molecular complexity index is 613. The summed E-state index contributed by atoms with van der Waals surface area (Å²) in [4.78, 5) is 0. The van der Waals surface area contributed by atoms with E-state index in [4.69, 9.17) is 23.2 Å². The van der Waals surface area contributed by atoms with E-state index in [1.807, 2.05) is 38.2 Å². The van der Waals surface area contributed by atoms with Gasteiger partial charge in [-0.15, -0.1) is 0 Å². The zero-order valence-corrected chi connectivity index (χ0v) is 12.9. The second-order valence-electron chi connectivity index (χ2n) is 4.78. The minimum Gasteiger partial charge on any atom is -0.313 e. The molecule has 0 amide bonds. The minimum atomic E-state index is -0.403. The Labute approximate surface area is 128 Å². The first-order valence-corrected chi connectivity index (χ1v) is 7.14. The molecule has 20 heavy (non-hydrogen) atoms. The zero-order chi connectivity index (χ0) is 14.7. The van der Waals surface area contributed by atoms with Crippen molar-refractivity contribution in [1.82, 2.24) is 5.32 Å². The summed E-state index contributed by atoms with van der Waals surface area (Å²) in [6.07, 6.45) is 0.652. The Hall–Kier alpha value is -1.09. The molecule has 2 aromatic rings. The predicted octanol–water partition coefficient (Wildman–Crippen LogP) is 4.94. The molecule has 1 unspecified atom stereocenters. The van der Waals surface area contributed by atoms with Crippen LogP contribution in [-0.2, 0) is 6.42 Å². The number of hydrogen-bond acceptors (Lipinski definition) is 1. The van der Waals surface area contributed by atoms with E-state index in [-0.39, 0.29) is 11.1 Å². The molecule has 0 aliphatic rings. The Morgan fingerprint density at radius 1 is 1.20 bits per heavy atom. The summed E-state index contributed by atoms with van der Waals surface area (Å²) in [5, 5.41) is 4.05. The van der Waals surface area contributed by atoms with Crippen LogP contribution in [0, 0.1) is 12.7 Å². The first kappa shape index (κ1) is 15.3. The molecule has 106 valence electrons. The molecule has 0 fully saturated rings. The van der Waals surface area contributed by atoms with Crippen molar-refractivity contribution in [2.75, 3.05) is 7.05 Å². The van der Waals surface area contributed by atoms with Crippen LogP contribution in [0.5, 0.6) is 0 Å². The fraction of sp³-hybridized carbons (Fsp3) is 0.250. The summed E-state index contributed by atoms with van der Waals surface area (Å²) in [6.45, 7) is 1.99. The molecule has 4 heteroatoms. The molecular formula is C16H16Cl2FN. The van der Waals surface area contributed by atoms with E-state index in [0.29, 0.717) is 6.42 Å². The lowest BCUT2D eigenvalue weighted by Crippen LogP contribution is -2.19. The van der Waals surface area contributed by atoms with Crippen LogP contribution in [0.1, 0.15) is 22.7 Å². The van der Waals surface area contributed by atoms with Crippen LogP contribution in [0.3, 0.4) is 0 Å². The maximum Gasteiger partial charge on any atom is 0.142 e. The highest BCUT2D eigenvalue weighted by atomic mass is 35.5. The van der Waals surface area contributed by atoms with Gasteiger partial charge in [0.25, 0.3) is 0 Å². The second-order valence-corrected chi connectivity index (χ2v) is 5.57. The summed E-state index contributed by atoms with van der Waals surface area (Å²) >= 11 is 12.3. The van der Waals surface area contributed by atoms with Crippen molar-refractivity contribution >= 4 is 23.2 Å². The predicted molar refractivity (Wildman–Crippen MR) is 83.1 cm³/mol. The zero-order valence-electron chi connectivity index (χ0n) is 11.4. The molecule has 0 bridgehead atoms. The highest BCUT2D eigenvalue weighted by Crippen LogP contribution is 2.29. The van der Waals surface area contributed by atoms with Crippen LogP contribution in [-0.4, -0.2) is 7.05 Å². The Morgan fingerprint density at radius 3 is 2.60 bits per heavy atom. The molecular weight excluding hydrogens is 296 g/mol. The summed E-state index contributed by atoms with van der Waals surface area (Å²) < 4.78 is 13.6. The van der Waals surface area contributed by atoms with Gasteiger partial charge in [0.15, 0.2) is 0 Å². The Balaban J connectivity index is 2.31. The van der Waals surface area contributed by atoms with E-state index in [1.165, 1.54) is 6.07 Å². The van der Waals surface area contributed by atoms with Gasteiger partial charge in [0, 0.05) is 11.1 Å². The van der Waals surface area contributed by atoms with Crippen molar-refractivity contribution in [3.05, 3.63) is 69.0 Å². The largest absolute Gasteiger partial charge is 0.313 e. The lowest BCUT2D eigenvalue weighted by Gasteiger charge is -2.19. The van der Waals surface area contributed by atoms with Crippen molar-refractivity contribution in [3.63, 3.8) is 0 Å². The van der Waals surface area contributed by atoms with Gasteiger partial charge < -0.3 is 5.32 Å². The number of hydrogen-bond donors (Lipinski definition) is 1. The first-order chi connectivity index (χ1) is 9.52. The molecule has 1 N–H and O–H groups in total. The van der Waals surface area contributed by atoms with E-state index in [9.17, 15) is 4.39 Å². The molecule has 0 aliphatic heterocycles. The third kappa shape index (κ3) is 3.32. The van der Waals surface area contributed by atoms with Crippen molar-refractivity contribution in [1.29, 1.82) is 0 Å². The van der Waals surface area contributed by atoms with E-state index >= 15 is 0 Å². The van der Waals surface area contributed by atoms with E-state index in [0.717, 1.165) is 21.7 Å². The normalized spacial score (nSPS) is 12.4. The van der Waals surface area contributed by atoms with Crippen LogP contribution in [0.4, 0.5) is 4.39 Å². The maximum atomic E-state index is 13.6. The number of halogens is 3. The van der Waals surface area contributed by atoms with Gasteiger partial charge in [-0.3, -0.25) is 0 Å². The van der Waals surface area contributed by atoms with Crippen molar-refractivity contribution in [2.45, 2.75) is 19.4 Å². The molecule has 0 saturated heterocycles. The number of nitrogens with one attached hydrogen (secondary N) is 1. The topological polar surface area (TPSA) is 12.0 Å². The van der Waals surface area contributed by atoms with Gasteiger partial charge in [-0.1, -0.05) is 47.5 Å². The standard InChI is InChI=1S/C16H16Cl2FN/c1-10-6-7-11(13(17)8-10)9-15(20-2)12-4-3-5-14(19)16(12)18/h3-8,15,20H,9H2,1-2H3. The SMILES string of the molecule is CNC(Cc1ccc(C)cc1Cl)c1cccc(F)c1Cl. The van der Waals surface area contributed by atoms with Crippen molar-refractivity contribution in [3.8, 4) is 0 Å². The second kappa shape index (κ2) is 6.57. The molecule has 0 spiro atoms. The Morgan fingerprint density at radius 2 is 1.95 bits per heavy atom. The smallest absolute Gasteiger partial charge is 0.142 e. The first-order valence-electron chi connectivity index (χ1n) is 6.39. The van der Waals surface area contributed by atoms with E-state index in [1.54, 1.807) is 6.07 Å². The number of rotatable bonds is 4. The average molecular weight is 312 g/mol. The van der Waals surface area contributed by atoms with Gasteiger partial charge >= 0.3 is 0 Å². The summed E-state index contributed by atoms with van der Waals surface area (Å²) in [7, 11) is 1.83. The fourth-order valence-electron chi connectivity index (χ4n) is 2.19. The lowest BCUT2D eigenvalue weighted by molar-refractivity contribution is 0.578. The number of likely N-dealkylation sites (N-methyl/N-ethyl adjacent to an activating group) is 1. The van der Waals surface area contributed by atoms with Crippen molar-refractivity contribution in [2.24, 2.45) is 0 Å². The molecule has 2 rings (SSSR count). The molecule has 1 nitrogen and oxygen atoms in total. The van der Waals surface area contributed by atoms with Gasteiger partial charge in [-0.2, -0.15) is 0 Å². The van der Waals surface area contributed by atoms with Gasteiger partial charge in [-0.05, 0) is 49.2 Å². The molecule has 0 heterocycles. The minimum absolute atomic E-state index is 0.0848. The monoisotopic (exact) mass is 311 g/mol. The quantitative estimate of drug-likeness (QED) is 0.843. The Kier molecular flexibility index (Phi) is 5.03. The highest BCUT2D eigenvalue weighted by molar-refractivity contribution is 6.32. The molecule has 1 atom stereocenters. The molecule has 0 saturated carbocycles. The summed E-state index contributed by atoms with van der Waals surface area (Å²) in [5.74, 6) is -0.403. The van der Waals surface area contributed by atoms with Crippen molar-refractivity contribution < 1.29 is 4.39 Å². The van der Waals surface area contributed by atoms with E-state index in [2.05, 4.69) is 5.32 Å². The molecule has 2 aromatic carbocycles. The summed E-state index contributed by atoms with van der Waals surface area (Å²) in [5.41, 5.74) is 2.87. The molecule has 0 aromatic heterocycles. The molecule has 0 aliphatic carbocycles. The van der Waals surface area contributed by atoms with E-state index < -0.39 is 5.82 Å². The van der Waals surface area contributed by atoms with Gasteiger partial charge in [0.1, 0.15) is 5.82 Å². The van der Waals surface area contributed by atoms with Crippen LogP contribution in [0.15, 0.2) is 36.4 Å². The van der Waals surface area contributed by atoms with Crippen LogP contribution in [0.2, 0.25) is 10.0 Å². The van der Waals surface area contributed by atoms with Gasteiger partial charge in [-0.25, -0.2) is 4.39 Å². The fourth-order valence-corrected chi connectivity index (χ4v) is 2.76. The number of benzene rings is 2. The van der Waals surface area contributed by atoms with Crippen LogP contribution < -0.4 is 5.32 Å². The van der Waals surface area contributed by atoms with Gasteiger partial charge in [0.2, 0.25) is 0 Å². The highest BCUT2D eigenvalue weighted by Gasteiger charge is 2.17. The van der Waals surface area contributed by atoms with Crippen LogP contribution >= 0.6 is 23.2 Å². The lowest BCUT2D eigenvalue weighted by atomic mass is 9.98. The third-order valence-corrected chi connectivity index (χ3v) is 4.09. The van der Waals surface area contributed by atoms with Crippen LogP contribution in [0.25, 0.3) is 0 Å². The summed E-state index contributed by atoms with van der Waals surface area (Å²) in [6, 6.07) is 10.7. The average Bonchev–Trinajstić information content (AvgIpc) is 2.42. The number of aryl methyl sites for hydroxylation is 1. The third-order valence-electron chi connectivity index (χ3n) is 3.34. The molecule has 0 radical (unpaired) electrons. The maximum absolute atomic E-state index is 13.6. The van der Waals surface area contributed by atoms with Gasteiger partial charge in [0.05, 0.1) is 5.02 Å².